The Kier molecular flexibility index (Phi) is 5.06. The van der Waals surface area contributed by atoms with E-state index in [0.29, 0.717) is 17.5 Å². The number of hydrogen-bond donors (Lipinski definition) is 1. The SMILES string of the molecule is C#CC(CC)(CC)NCc1coc(-c2ccccc2Cl)n1. The van der Waals surface area contributed by atoms with E-state index in [1.807, 2.05) is 24.3 Å². The predicted molar refractivity (Wildman–Crippen MR) is 85.9 cm³/mol. The van der Waals surface area contributed by atoms with Gasteiger partial charge in [0, 0.05) is 6.54 Å². The number of aromatic nitrogens is 1. The van der Waals surface area contributed by atoms with Gasteiger partial charge in [0.05, 0.1) is 21.8 Å². The highest BCUT2D eigenvalue weighted by Gasteiger charge is 2.22. The van der Waals surface area contributed by atoms with E-state index in [9.17, 15) is 0 Å². The molecule has 0 unspecified atom stereocenters. The van der Waals surface area contributed by atoms with Crippen LogP contribution in [-0.2, 0) is 6.54 Å². The molecule has 0 spiro atoms. The maximum Gasteiger partial charge on any atom is 0.227 e. The molecule has 110 valence electrons. The van der Waals surface area contributed by atoms with Crippen LogP contribution in [0.4, 0.5) is 0 Å². The number of nitrogens with zero attached hydrogens (tertiary/aromatic N) is 1. The zero-order chi connectivity index (χ0) is 15.3. The molecule has 0 aliphatic rings. The summed E-state index contributed by atoms with van der Waals surface area (Å²) in [6.07, 6.45) is 9.01. The van der Waals surface area contributed by atoms with Gasteiger partial charge in [0.25, 0.3) is 0 Å². The molecule has 2 aromatic rings. The van der Waals surface area contributed by atoms with Crippen LogP contribution < -0.4 is 5.32 Å². The maximum absolute atomic E-state index is 6.14. The Morgan fingerprint density at radius 2 is 2.05 bits per heavy atom. The van der Waals surface area contributed by atoms with Crippen molar-refractivity contribution in [3.63, 3.8) is 0 Å². The second-order valence-corrected chi connectivity index (χ2v) is 5.32. The lowest BCUT2D eigenvalue weighted by atomic mass is 9.94. The van der Waals surface area contributed by atoms with Gasteiger partial charge in [-0.1, -0.05) is 43.5 Å². The molecular formula is C17H19ClN2O. The first-order chi connectivity index (χ1) is 10.1. The topological polar surface area (TPSA) is 38.1 Å². The summed E-state index contributed by atoms with van der Waals surface area (Å²) >= 11 is 6.14. The smallest absolute Gasteiger partial charge is 0.227 e. The zero-order valence-electron chi connectivity index (χ0n) is 12.3. The van der Waals surface area contributed by atoms with E-state index < -0.39 is 0 Å². The van der Waals surface area contributed by atoms with Gasteiger partial charge in [-0.25, -0.2) is 4.98 Å². The molecular weight excluding hydrogens is 284 g/mol. The van der Waals surface area contributed by atoms with Crippen molar-refractivity contribution in [3.8, 4) is 23.8 Å². The Bertz CT molecular complexity index is 638. The van der Waals surface area contributed by atoms with Crippen LogP contribution >= 0.6 is 11.6 Å². The lowest BCUT2D eigenvalue weighted by Gasteiger charge is -2.26. The molecule has 0 radical (unpaired) electrons. The first-order valence-corrected chi connectivity index (χ1v) is 7.44. The van der Waals surface area contributed by atoms with Gasteiger partial charge in [0.15, 0.2) is 0 Å². The van der Waals surface area contributed by atoms with Crippen molar-refractivity contribution < 1.29 is 4.42 Å². The van der Waals surface area contributed by atoms with Gasteiger partial charge in [0.2, 0.25) is 5.89 Å². The lowest BCUT2D eigenvalue weighted by molar-refractivity contribution is 0.387. The molecule has 0 amide bonds. The van der Waals surface area contributed by atoms with Crippen LogP contribution in [0.25, 0.3) is 11.5 Å². The normalized spacial score (nSPS) is 11.3. The minimum absolute atomic E-state index is 0.288. The number of oxazole rings is 1. The second-order valence-electron chi connectivity index (χ2n) is 4.91. The van der Waals surface area contributed by atoms with Crippen LogP contribution in [0.2, 0.25) is 5.02 Å². The Morgan fingerprint density at radius 3 is 2.67 bits per heavy atom. The summed E-state index contributed by atoms with van der Waals surface area (Å²) in [5.41, 5.74) is 1.31. The molecule has 0 bridgehead atoms. The third-order valence-corrected chi connectivity index (χ3v) is 4.08. The fourth-order valence-corrected chi connectivity index (χ4v) is 2.38. The van der Waals surface area contributed by atoms with Gasteiger partial charge >= 0.3 is 0 Å². The molecule has 0 fully saturated rings. The predicted octanol–water partition coefficient (Wildman–Crippen LogP) is 4.28. The van der Waals surface area contributed by atoms with Crippen molar-refractivity contribution in [1.29, 1.82) is 0 Å². The summed E-state index contributed by atoms with van der Waals surface area (Å²) < 4.78 is 5.51. The fraction of sp³-hybridized carbons (Fsp3) is 0.353. The number of benzene rings is 1. The van der Waals surface area contributed by atoms with E-state index in [1.54, 1.807) is 6.26 Å². The Balaban J connectivity index is 2.11. The summed E-state index contributed by atoms with van der Waals surface area (Å²) in [5, 5.41) is 4.01. The van der Waals surface area contributed by atoms with Crippen LogP contribution in [0.1, 0.15) is 32.4 Å². The average molecular weight is 303 g/mol. The van der Waals surface area contributed by atoms with E-state index in [2.05, 4.69) is 30.1 Å². The van der Waals surface area contributed by atoms with Crippen molar-refractivity contribution in [2.45, 2.75) is 38.8 Å². The maximum atomic E-state index is 6.14. The summed E-state index contributed by atoms with van der Waals surface area (Å²) in [5.74, 6) is 3.37. The molecule has 0 saturated carbocycles. The van der Waals surface area contributed by atoms with Gasteiger partial charge in [0.1, 0.15) is 6.26 Å². The molecule has 0 aliphatic heterocycles. The third-order valence-electron chi connectivity index (χ3n) is 3.75. The first kappa shape index (κ1) is 15.6. The highest BCUT2D eigenvalue weighted by atomic mass is 35.5. The number of nitrogens with one attached hydrogen (secondary N) is 1. The number of hydrogen-bond acceptors (Lipinski definition) is 3. The number of halogens is 1. The Hall–Kier alpha value is -1.76. The highest BCUT2D eigenvalue weighted by molar-refractivity contribution is 6.33. The molecule has 1 heterocycles. The molecule has 21 heavy (non-hydrogen) atoms. The minimum atomic E-state index is -0.288. The van der Waals surface area contributed by atoms with Crippen LogP contribution in [0.15, 0.2) is 34.9 Å². The summed E-state index contributed by atoms with van der Waals surface area (Å²) in [6.45, 7) is 4.72. The van der Waals surface area contributed by atoms with Crippen LogP contribution in [0.3, 0.4) is 0 Å². The van der Waals surface area contributed by atoms with Crippen LogP contribution in [0.5, 0.6) is 0 Å². The molecule has 1 aromatic carbocycles. The van der Waals surface area contributed by atoms with E-state index in [0.717, 1.165) is 24.1 Å². The fourth-order valence-electron chi connectivity index (χ4n) is 2.16. The Morgan fingerprint density at radius 1 is 1.33 bits per heavy atom. The second kappa shape index (κ2) is 6.80. The first-order valence-electron chi connectivity index (χ1n) is 7.06. The molecule has 1 N–H and O–H groups in total. The van der Waals surface area contributed by atoms with Crippen molar-refractivity contribution in [3.05, 3.63) is 41.2 Å². The largest absolute Gasteiger partial charge is 0.444 e. The van der Waals surface area contributed by atoms with Crippen molar-refractivity contribution in [2.24, 2.45) is 0 Å². The van der Waals surface area contributed by atoms with Gasteiger partial charge in [-0.05, 0) is 25.0 Å². The van der Waals surface area contributed by atoms with Crippen molar-refractivity contribution in [2.75, 3.05) is 0 Å². The summed E-state index contributed by atoms with van der Waals surface area (Å²) in [6, 6.07) is 7.48. The van der Waals surface area contributed by atoms with Gasteiger partial charge in [-0.15, -0.1) is 6.42 Å². The summed E-state index contributed by atoms with van der Waals surface area (Å²) in [4.78, 5) is 4.47. The lowest BCUT2D eigenvalue weighted by Crippen LogP contribution is -2.42. The highest BCUT2D eigenvalue weighted by Crippen LogP contribution is 2.26. The quantitative estimate of drug-likeness (QED) is 0.810. The molecule has 3 nitrogen and oxygen atoms in total. The molecule has 0 atom stereocenters. The Labute approximate surface area is 130 Å². The van der Waals surface area contributed by atoms with Crippen molar-refractivity contribution >= 4 is 11.6 Å². The average Bonchev–Trinajstić information content (AvgIpc) is 2.98. The zero-order valence-corrected chi connectivity index (χ0v) is 13.1. The summed E-state index contributed by atoms with van der Waals surface area (Å²) in [7, 11) is 0. The third kappa shape index (κ3) is 3.47. The molecule has 1 aromatic heterocycles. The molecule has 4 heteroatoms. The molecule has 0 aliphatic carbocycles. The monoisotopic (exact) mass is 302 g/mol. The van der Waals surface area contributed by atoms with E-state index >= 15 is 0 Å². The van der Waals surface area contributed by atoms with Crippen LogP contribution in [-0.4, -0.2) is 10.5 Å². The van der Waals surface area contributed by atoms with E-state index in [1.165, 1.54) is 0 Å². The van der Waals surface area contributed by atoms with Crippen LogP contribution in [0, 0.1) is 12.3 Å². The standard InChI is InChI=1S/C17H19ClN2O/c1-4-17(5-2,6-3)19-11-13-12-21-16(20-13)14-9-7-8-10-15(14)18/h1,7-10,12,19H,5-6,11H2,2-3H3. The minimum Gasteiger partial charge on any atom is -0.444 e. The van der Waals surface area contributed by atoms with E-state index in [-0.39, 0.29) is 5.54 Å². The van der Waals surface area contributed by atoms with Crippen molar-refractivity contribution in [1.82, 2.24) is 10.3 Å². The van der Waals surface area contributed by atoms with Gasteiger partial charge in [-0.3, -0.25) is 5.32 Å². The van der Waals surface area contributed by atoms with Gasteiger partial charge in [-0.2, -0.15) is 0 Å². The molecule has 2 rings (SSSR count). The molecule has 0 saturated heterocycles. The van der Waals surface area contributed by atoms with E-state index in [4.69, 9.17) is 22.4 Å². The number of terminal acetylenes is 1. The van der Waals surface area contributed by atoms with Gasteiger partial charge < -0.3 is 4.42 Å². The number of rotatable bonds is 6.